The van der Waals surface area contributed by atoms with Crippen LogP contribution in [-0.4, -0.2) is 46.2 Å². The van der Waals surface area contributed by atoms with Crippen LogP contribution in [0.2, 0.25) is 0 Å². The Hall–Kier alpha value is -4.21. The Balaban J connectivity index is 1.92. The molecule has 3 rings (SSSR count). The number of para-hydroxylation sites is 1. The van der Waals surface area contributed by atoms with Gasteiger partial charge >= 0.3 is 12.1 Å². The van der Waals surface area contributed by atoms with Gasteiger partial charge in [0.1, 0.15) is 11.6 Å². The molecular weight excluding hydrogens is 442 g/mol. The Morgan fingerprint density at radius 3 is 2.47 bits per heavy atom. The molecule has 0 saturated heterocycles. The second-order valence-corrected chi connectivity index (χ2v) is 8.58. The molecule has 0 aliphatic heterocycles. The first-order valence-electron chi connectivity index (χ1n) is 10.5. The number of ether oxygens (including phenoxy) is 2. The Bertz CT molecular complexity index is 1260. The lowest BCUT2D eigenvalue weighted by Gasteiger charge is -2.19. The van der Waals surface area contributed by atoms with Gasteiger partial charge in [0.15, 0.2) is 0 Å². The van der Waals surface area contributed by atoms with Gasteiger partial charge < -0.3 is 14.8 Å². The number of carbonyl (C=O) groups excluding carboxylic acids is 3. The third kappa shape index (κ3) is 5.58. The zero-order chi connectivity index (χ0) is 25.0. The summed E-state index contributed by atoms with van der Waals surface area (Å²) in [6.07, 6.45) is 1.00. The molecule has 0 aliphatic rings. The number of aromatic nitrogens is 1. The van der Waals surface area contributed by atoms with E-state index in [0.717, 1.165) is 6.07 Å². The van der Waals surface area contributed by atoms with Gasteiger partial charge in [-0.3, -0.25) is 19.5 Å². The van der Waals surface area contributed by atoms with E-state index >= 15 is 0 Å². The van der Waals surface area contributed by atoms with Crippen LogP contribution in [0.15, 0.2) is 54.7 Å². The highest BCUT2D eigenvalue weighted by Crippen LogP contribution is 2.24. The Morgan fingerprint density at radius 1 is 1.12 bits per heavy atom. The maximum atomic E-state index is 12.8. The number of rotatable bonds is 6. The van der Waals surface area contributed by atoms with E-state index in [9.17, 15) is 24.5 Å². The predicted octanol–water partition coefficient (Wildman–Crippen LogP) is 3.85. The van der Waals surface area contributed by atoms with Crippen LogP contribution in [0.1, 0.15) is 36.7 Å². The molecule has 1 aromatic heterocycles. The summed E-state index contributed by atoms with van der Waals surface area (Å²) in [7, 11) is 1.19. The maximum Gasteiger partial charge on any atom is 0.419 e. The Morgan fingerprint density at radius 2 is 1.82 bits per heavy atom. The third-order valence-electron chi connectivity index (χ3n) is 4.92. The summed E-state index contributed by atoms with van der Waals surface area (Å²) < 4.78 is 11.7. The monoisotopic (exact) mass is 467 g/mol. The van der Waals surface area contributed by atoms with E-state index in [4.69, 9.17) is 9.47 Å². The smallest absolute Gasteiger partial charge is 0.419 e. The van der Waals surface area contributed by atoms with Crippen molar-refractivity contribution in [2.24, 2.45) is 0 Å². The molecule has 1 N–H and O–H groups in total. The van der Waals surface area contributed by atoms with E-state index < -0.39 is 34.5 Å². The van der Waals surface area contributed by atoms with Gasteiger partial charge in [0.25, 0.3) is 11.6 Å². The van der Waals surface area contributed by atoms with Crippen LogP contribution in [0.5, 0.6) is 0 Å². The zero-order valence-corrected chi connectivity index (χ0v) is 19.2. The summed E-state index contributed by atoms with van der Waals surface area (Å²) in [6.45, 7) is 5.27. The summed E-state index contributed by atoms with van der Waals surface area (Å²) in [6, 6.07) is 11.2. The number of non-ortho nitro benzene ring substituents is 1. The normalized spacial score (nSPS) is 12.1. The van der Waals surface area contributed by atoms with Crippen molar-refractivity contribution in [3.63, 3.8) is 0 Å². The number of nitro groups is 1. The van der Waals surface area contributed by atoms with Crippen LogP contribution in [0.4, 0.5) is 10.5 Å². The van der Waals surface area contributed by atoms with Crippen LogP contribution in [-0.2, 0) is 20.7 Å². The van der Waals surface area contributed by atoms with Gasteiger partial charge in [-0.25, -0.2) is 9.59 Å². The fourth-order valence-electron chi connectivity index (χ4n) is 3.43. The van der Waals surface area contributed by atoms with Gasteiger partial charge in [-0.1, -0.05) is 24.3 Å². The average molecular weight is 467 g/mol. The first-order valence-corrected chi connectivity index (χ1v) is 10.5. The summed E-state index contributed by atoms with van der Waals surface area (Å²) in [4.78, 5) is 48.4. The first kappa shape index (κ1) is 24.4. The molecule has 0 radical (unpaired) electrons. The standard InChI is InChI=1S/C24H25N3O7/c1-24(2,3)34-23(30)26-14-16(18-10-5-6-11-20(18)26)13-19(22(29)33-4)25-21(28)15-8-7-9-17(12-15)27(31)32/h5-12,14,19H,13H2,1-4H3,(H,25,28)/t19-/m0/s1. The summed E-state index contributed by atoms with van der Waals surface area (Å²) >= 11 is 0. The van der Waals surface area contributed by atoms with Crippen molar-refractivity contribution in [1.29, 1.82) is 0 Å². The number of hydrogen-bond donors (Lipinski definition) is 1. The topological polar surface area (TPSA) is 130 Å². The largest absolute Gasteiger partial charge is 0.467 e. The predicted molar refractivity (Wildman–Crippen MR) is 124 cm³/mol. The highest BCUT2D eigenvalue weighted by Gasteiger charge is 2.27. The number of methoxy groups -OCH3 is 1. The minimum absolute atomic E-state index is 0.0175. The fraction of sp³-hybridized carbons (Fsp3) is 0.292. The molecule has 0 aliphatic carbocycles. The molecule has 0 unspecified atom stereocenters. The first-order chi connectivity index (χ1) is 16.0. The lowest BCUT2D eigenvalue weighted by atomic mass is 10.0. The number of nitro benzene ring substituents is 1. The number of nitrogens with zero attached hydrogens (tertiary/aromatic N) is 2. The molecule has 178 valence electrons. The molecule has 10 nitrogen and oxygen atoms in total. The van der Waals surface area contributed by atoms with E-state index in [1.807, 2.05) is 0 Å². The maximum absolute atomic E-state index is 12.8. The molecular formula is C24H25N3O7. The van der Waals surface area contributed by atoms with Gasteiger partial charge in [-0.15, -0.1) is 0 Å². The Kier molecular flexibility index (Phi) is 7.00. The number of esters is 1. The Labute approximate surface area is 195 Å². The van der Waals surface area contributed by atoms with E-state index in [-0.39, 0.29) is 17.7 Å². The van der Waals surface area contributed by atoms with E-state index in [1.54, 1.807) is 51.2 Å². The van der Waals surface area contributed by atoms with Crippen molar-refractivity contribution in [3.8, 4) is 0 Å². The van der Waals surface area contributed by atoms with Crippen LogP contribution < -0.4 is 5.32 Å². The lowest BCUT2D eigenvalue weighted by Crippen LogP contribution is -2.43. The molecule has 10 heteroatoms. The molecule has 0 fully saturated rings. The second kappa shape index (κ2) is 9.74. The molecule has 1 heterocycles. The summed E-state index contributed by atoms with van der Waals surface area (Å²) in [5.41, 5.74) is 0.266. The summed E-state index contributed by atoms with van der Waals surface area (Å²) in [5, 5.41) is 14.3. The second-order valence-electron chi connectivity index (χ2n) is 8.58. The molecule has 0 spiro atoms. The fourth-order valence-corrected chi connectivity index (χ4v) is 3.43. The van der Waals surface area contributed by atoms with Gasteiger partial charge in [-0.05, 0) is 38.5 Å². The molecule has 1 atom stereocenters. The van der Waals surface area contributed by atoms with E-state index in [0.29, 0.717) is 16.5 Å². The number of amides is 1. The van der Waals surface area contributed by atoms with Crippen molar-refractivity contribution in [2.75, 3.05) is 7.11 Å². The number of benzene rings is 2. The van der Waals surface area contributed by atoms with Crippen molar-refractivity contribution in [1.82, 2.24) is 9.88 Å². The van der Waals surface area contributed by atoms with Crippen molar-refractivity contribution in [3.05, 3.63) is 76.0 Å². The van der Waals surface area contributed by atoms with Gasteiger partial charge in [0.05, 0.1) is 17.5 Å². The van der Waals surface area contributed by atoms with Gasteiger partial charge in [0.2, 0.25) is 0 Å². The average Bonchev–Trinajstić information content (AvgIpc) is 3.15. The van der Waals surface area contributed by atoms with Crippen LogP contribution in [0, 0.1) is 10.1 Å². The van der Waals surface area contributed by atoms with Gasteiger partial charge in [0, 0.05) is 35.7 Å². The molecule has 1 amide bonds. The molecule has 2 aromatic carbocycles. The number of carbonyl (C=O) groups is 3. The SMILES string of the molecule is COC(=O)[C@H](Cc1cn(C(=O)OC(C)(C)C)c2ccccc12)NC(=O)c1cccc([N+](=O)[O-])c1. The van der Waals surface area contributed by atoms with Crippen LogP contribution in [0.25, 0.3) is 10.9 Å². The highest BCUT2D eigenvalue weighted by molar-refractivity contribution is 5.98. The molecule has 34 heavy (non-hydrogen) atoms. The lowest BCUT2D eigenvalue weighted by molar-refractivity contribution is -0.384. The van der Waals surface area contributed by atoms with Crippen LogP contribution >= 0.6 is 0 Å². The third-order valence-corrected chi connectivity index (χ3v) is 4.92. The minimum atomic E-state index is -1.10. The molecule has 0 saturated carbocycles. The quantitative estimate of drug-likeness (QED) is 0.331. The number of hydrogen-bond acceptors (Lipinski definition) is 7. The van der Waals surface area contributed by atoms with Gasteiger partial charge in [-0.2, -0.15) is 0 Å². The molecule has 0 bridgehead atoms. The molecule has 3 aromatic rings. The van der Waals surface area contributed by atoms with Crippen molar-refractivity contribution >= 4 is 34.6 Å². The number of nitrogens with one attached hydrogen (secondary N) is 1. The van der Waals surface area contributed by atoms with E-state index in [2.05, 4.69) is 5.32 Å². The zero-order valence-electron chi connectivity index (χ0n) is 19.2. The van der Waals surface area contributed by atoms with Crippen molar-refractivity contribution < 1.29 is 28.8 Å². The highest BCUT2D eigenvalue weighted by atomic mass is 16.6. The minimum Gasteiger partial charge on any atom is -0.467 e. The number of fused-ring (bicyclic) bond motifs is 1. The van der Waals surface area contributed by atoms with Crippen molar-refractivity contribution in [2.45, 2.75) is 38.8 Å². The van der Waals surface area contributed by atoms with E-state index in [1.165, 1.54) is 29.9 Å². The van der Waals surface area contributed by atoms with Crippen LogP contribution in [0.3, 0.4) is 0 Å². The summed E-state index contributed by atoms with van der Waals surface area (Å²) in [5.74, 6) is -1.37.